The maximum absolute atomic E-state index is 12.7. The van der Waals surface area contributed by atoms with Crippen LogP contribution in [0.15, 0.2) is 30.1 Å². The van der Waals surface area contributed by atoms with Crippen molar-refractivity contribution in [3.05, 3.63) is 41.3 Å². The summed E-state index contributed by atoms with van der Waals surface area (Å²) in [4.78, 5) is 14.5. The Morgan fingerprint density at radius 2 is 2.15 bits per heavy atom. The smallest absolute Gasteiger partial charge is 0.272 e. The largest absolute Gasteiger partial charge is 0.494 e. The molecule has 4 rings (SSSR count). The number of nitrogens with one attached hydrogen (secondary N) is 1. The fourth-order valence-electron chi connectivity index (χ4n) is 3.54. The van der Waals surface area contributed by atoms with Crippen LogP contribution >= 0.6 is 0 Å². The number of H-pyrrole nitrogens is 1. The summed E-state index contributed by atoms with van der Waals surface area (Å²) in [7, 11) is 0. The summed E-state index contributed by atoms with van der Waals surface area (Å²) < 4.78 is 0. The zero-order valence-corrected chi connectivity index (χ0v) is 15.1. The van der Waals surface area contributed by atoms with E-state index in [1.165, 1.54) is 6.08 Å². The summed E-state index contributed by atoms with van der Waals surface area (Å²) in [5, 5.41) is 30.2. The second-order valence-electron chi connectivity index (χ2n) is 8.19. The predicted octanol–water partition coefficient (Wildman–Crippen LogP) is 2.15. The van der Waals surface area contributed by atoms with Crippen LogP contribution in [0.4, 0.5) is 0 Å². The molecule has 8 heteroatoms. The molecule has 1 aliphatic carbocycles. The number of hydrogen-bond donors (Lipinski definition) is 2. The second-order valence-corrected chi connectivity index (χ2v) is 8.19. The summed E-state index contributed by atoms with van der Waals surface area (Å²) in [5.41, 5.74) is 1.05. The molecule has 1 amide bonds. The average Bonchev–Trinajstić information content (AvgIpc) is 3.14. The van der Waals surface area contributed by atoms with E-state index in [1.807, 2.05) is 11.1 Å². The van der Waals surface area contributed by atoms with Gasteiger partial charge in [0.2, 0.25) is 0 Å². The van der Waals surface area contributed by atoms with Gasteiger partial charge in [0.25, 0.3) is 5.91 Å². The van der Waals surface area contributed by atoms with E-state index in [9.17, 15) is 15.2 Å². The van der Waals surface area contributed by atoms with E-state index in [-0.39, 0.29) is 29.3 Å². The lowest BCUT2D eigenvalue weighted by Crippen LogP contribution is -2.50. The summed E-state index contributed by atoms with van der Waals surface area (Å²) >= 11 is 0. The summed E-state index contributed by atoms with van der Waals surface area (Å²) in [6, 6.07) is 2.10. The molecule has 0 aromatic carbocycles. The minimum atomic E-state index is -0.268. The van der Waals surface area contributed by atoms with Gasteiger partial charge in [-0.15, -0.1) is 0 Å². The predicted molar refractivity (Wildman–Crippen MR) is 92.7 cm³/mol. The zero-order valence-electron chi connectivity index (χ0n) is 15.1. The van der Waals surface area contributed by atoms with Crippen LogP contribution in [0, 0.1) is 16.7 Å². The van der Waals surface area contributed by atoms with Crippen LogP contribution in [-0.4, -0.2) is 48.7 Å². The van der Waals surface area contributed by atoms with Crippen LogP contribution in [0.25, 0.3) is 0 Å². The Bertz CT molecular complexity index is 852. The standard InChI is InChI=1S/C18H22N6O2/c1-18(2,3)10-22-15-6-14(12-9-20-21-13(12)8-19)23(11-4-5-11)24(15)17(26)7-16(22)25/h6-7,9,11,14,25H,4-5,10H2,1-3H3,(H,20,21). The number of aliphatic hydroxyl groups excluding tert-OH is 1. The lowest BCUT2D eigenvalue weighted by molar-refractivity contribution is -0.145. The first-order chi connectivity index (χ1) is 12.3. The van der Waals surface area contributed by atoms with E-state index in [0.29, 0.717) is 18.1 Å². The van der Waals surface area contributed by atoms with Crippen LogP contribution in [0.3, 0.4) is 0 Å². The number of aromatic nitrogens is 2. The Morgan fingerprint density at radius 1 is 1.42 bits per heavy atom. The van der Waals surface area contributed by atoms with E-state index in [1.54, 1.807) is 16.1 Å². The molecule has 1 fully saturated rings. The normalized spacial score (nSPS) is 23.6. The second kappa shape index (κ2) is 5.61. The fraction of sp³-hybridized carbons (Fsp3) is 0.500. The third-order valence-corrected chi connectivity index (χ3v) is 4.71. The molecule has 1 unspecified atom stereocenters. The monoisotopic (exact) mass is 354 g/mol. The van der Waals surface area contributed by atoms with Crippen molar-refractivity contribution >= 4 is 5.91 Å². The summed E-state index contributed by atoms with van der Waals surface area (Å²) in [6.07, 6.45) is 6.84. The lowest BCUT2D eigenvalue weighted by Gasteiger charge is -2.41. The molecule has 26 heavy (non-hydrogen) atoms. The maximum Gasteiger partial charge on any atom is 0.272 e. The number of amides is 1. The highest BCUT2D eigenvalue weighted by Gasteiger charge is 2.49. The molecule has 3 heterocycles. The average molecular weight is 354 g/mol. The molecule has 8 nitrogen and oxygen atoms in total. The molecule has 2 N–H and O–H groups in total. The molecule has 1 aromatic rings. The summed E-state index contributed by atoms with van der Waals surface area (Å²) in [6.45, 7) is 6.80. The highest BCUT2D eigenvalue weighted by molar-refractivity contribution is 5.90. The number of nitriles is 1. The van der Waals surface area contributed by atoms with Gasteiger partial charge in [0, 0.05) is 18.2 Å². The number of carbonyl (C=O) groups is 1. The molecular weight excluding hydrogens is 332 g/mol. The molecule has 1 saturated carbocycles. The molecule has 0 spiro atoms. The van der Waals surface area contributed by atoms with E-state index in [0.717, 1.165) is 18.4 Å². The van der Waals surface area contributed by atoms with Gasteiger partial charge in [0.15, 0.2) is 5.88 Å². The number of hydrazine groups is 1. The first kappa shape index (κ1) is 16.7. The van der Waals surface area contributed by atoms with Gasteiger partial charge in [0.05, 0.1) is 18.3 Å². The Kier molecular flexibility index (Phi) is 3.59. The van der Waals surface area contributed by atoms with E-state index >= 15 is 0 Å². The lowest BCUT2D eigenvalue weighted by atomic mass is 9.96. The fourth-order valence-corrected chi connectivity index (χ4v) is 3.54. The first-order valence-corrected chi connectivity index (χ1v) is 8.76. The van der Waals surface area contributed by atoms with Crippen LogP contribution < -0.4 is 0 Å². The van der Waals surface area contributed by atoms with Gasteiger partial charge in [-0.1, -0.05) is 20.8 Å². The van der Waals surface area contributed by atoms with Crippen LogP contribution in [0.2, 0.25) is 0 Å². The van der Waals surface area contributed by atoms with Gasteiger partial charge in [0.1, 0.15) is 17.6 Å². The van der Waals surface area contributed by atoms with Gasteiger partial charge in [-0.05, 0) is 24.3 Å². The van der Waals surface area contributed by atoms with Crippen LogP contribution in [-0.2, 0) is 4.79 Å². The van der Waals surface area contributed by atoms with Crippen LogP contribution in [0.5, 0.6) is 0 Å². The number of rotatable bonds is 3. The Balaban J connectivity index is 1.79. The first-order valence-electron chi connectivity index (χ1n) is 8.76. The van der Waals surface area contributed by atoms with Gasteiger partial charge < -0.3 is 5.11 Å². The van der Waals surface area contributed by atoms with Gasteiger partial charge in [-0.25, -0.2) is 5.01 Å². The number of nitrogens with zero attached hydrogens (tertiary/aromatic N) is 5. The Hall–Kier alpha value is -2.79. The Labute approximate surface area is 152 Å². The van der Waals surface area contributed by atoms with E-state index < -0.39 is 0 Å². The molecule has 136 valence electrons. The van der Waals surface area contributed by atoms with Crippen molar-refractivity contribution in [3.8, 4) is 6.07 Å². The van der Waals surface area contributed by atoms with Crippen molar-refractivity contribution < 1.29 is 9.90 Å². The molecular formula is C18H22N6O2. The van der Waals surface area contributed by atoms with Gasteiger partial charge in [-0.3, -0.25) is 14.8 Å². The van der Waals surface area contributed by atoms with Gasteiger partial charge >= 0.3 is 0 Å². The molecule has 2 aliphatic heterocycles. The van der Waals surface area contributed by atoms with Crippen molar-refractivity contribution in [3.63, 3.8) is 0 Å². The Morgan fingerprint density at radius 3 is 2.77 bits per heavy atom. The number of aliphatic hydroxyl groups is 1. The molecule has 1 aromatic heterocycles. The highest BCUT2D eigenvalue weighted by Crippen LogP contribution is 2.45. The molecule has 3 aliphatic rings. The van der Waals surface area contributed by atoms with E-state index in [2.05, 4.69) is 37.0 Å². The van der Waals surface area contributed by atoms with Crippen molar-refractivity contribution in [2.75, 3.05) is 6.54 Å². The third-order valence-electron chi connectivity index (χ3n) is 4.71. The van der Waals surface area contributed by atoms with Crippen molar-refractivity contribution in [2.45, 2.75) is 45.7 Å². The maximum atomic E-state index is 12.7. The minimum Gasteiger partial charge on any atom is -0.494 e. The highest BCUT2D eigenvalue weighted by atomic mass is 16.3. The number of fused-ring (bicyclic) bond motifs is 1. The molecule has 0 saturated heterocycles. The third kappa shape index (κ3) is 2.65. The summed E-state index contributed by atoms with van der Waals surface area (Å²) in [5.74, 6) is 0.332. The SMILES string of the molecule is CC(C)(C)CN1C(O)=CC(=O)N2C1=CC(c1cn[nH]c1C#N)N2C1CC1. The van der Waals surface area contributed by atoms with Crippen molar-refractivity contribution in [1.82, 2.24) is 25.1 Å². The van der Waals surface area contributed by atoms with Gasteiger partial charge in [-0.2, -0.15) is 15.4 Å². The minimum absolute atomic E-state index is 0.0449. The van der Waals surface area contributed by atoms with E-state index in [4.69, 9.17) is 0 Å². The number of carbonyl (C=O) groups excluding carboxylic acids is 1. The van der Waals surface area contributed by atoms with Crippen molar-refractivity contribution in [2.24, 2.45) is 5.41 Å². The van der Waals surface area contributed by atoms with Crippen LogP contribution in [0.1, 0.15) is 50.9 Å². The number of hydrogen-bond acceptors (Lipinski definition) is 6. The molecule has 1 atom stereocenters. The topological polar surface area (TPSA) is 99.5 Å². The zero-order chi connectivity index (χ0) is 18.6. The quantitative estimate of drug-likeness (QED) is 0.863. The molecule has 0 radical (unpaired) electrons. The molecule has 0 bridgehead atoms. The van der Waals surface area contributed by atoms with Crippen molar-refractivity contribution in [1.29, 1.82) is 5.26 Å². The number of aromatic amines is 1.